The van der Waals surface area contributed by atoms with Gasteiger partial charge in [0.1, 0.15) is 0 Å². The molecule has 152 valence electrons. The van der Waals surface area contributed by atoms with Crippen LogP contribution in [0.1, 0.15) is 43.4 Å². The molecule has 29 heavy (non-hydrogen) atoms. The van der Waals surface area contributed by atoms with Crippen LogP contribution in [0.2, 0.25) is 0 Å². The van der Waals surface area contributed by atoms with Gasteiger partial charge in [-0.2, -0.15) is 0 Å². The zero-order valence-electron chi connectivity index (χ0n) is 16.2. The number of anilines is 2. The number of rotatable bonds is 5. The van der Waals surface area contributed by atoms with Crippen LogP contribution >= 0.6 is 22.7 Å². The van der Waals surface area contributed by atoms with Crippen molar-refractivity contribution in [3.05, 3.63) is 34.8 Å². The minimum absolute atomic E-state index is 0.136. The fourth-order valence-corrected chi connectivity index (χ4v) is 5.14. The molecular weight excluding hydrogens is 406 g/mol. The molecule has 1 aliphatic carbocycles. The summed E-state index contributed by atoms with van der Waals surface area (Å²) in [6.45, 7) is 2.00. The van der Waals surface area contributed by atoms with E-state index in [4.69, 9.17) is 0 Å². The van der Waals surface area contributed by atoms with Gasteiger partial charge in [-0.3, -0.25) is 10.1 Å². The highest BCUT2D eigenvalue weighted by Crippen LogP contribution is 2.28. The number of carbonyl (C=O) groups excluding carboxylic acids is 2. The molecule has 1 aliphatic rings. The molecule has 3 aromatic rings. The Morgan fingerprint density at radius 2 is 1.93 bits per heavy atom. The third-order valence-corrected chi connectivity index (χ3v) is 6.66. The number of nitrogens with zero attached hydrogens (tertiary/aromatic N) is 2. The summed E-state index contributed by atoms with van der Waals surface area (Å²) in [6, 6.07) is 5.99. The number of nitrogens with one attached hydrogen (secondary N) is 3. The highest BCUT2D eigenvalue weighted by molar-refractivity contribution is 7.22. The molecule has 0 atom stereocenters. The first-order chi connectivity index (χ1) is 14.1. The molecule has 3 N–H and O–H groups in total. The van der Waals surface area contributed by atoms with E-state index in [0.29, 0.717) is 16.0 Å². The lowest BCUT2D eigenvalue weighted by molar-refractivity contribution is -0.115. The maximum atomic E-state index is 12.4. The summed E-state index contributed by atoms with van der Waals surface area (Å²) >= 11 is 2.77. The monoisotopic (exact) mass is 429 g/mol. The molecule has 1 fully saturated rings. The highest BCUT2D eigenvalue weighted by Gasteiger charge is 2.17. The van der Waals surface area contributed by atoms with Crippen molar-refractivity contribution in [2.75, 3.05) is 10.6 Å². The molecular formula is C20H23N5O2S2. The Hall–Kier alpha value is -2.52. The molecule has 1 aromatic carbocycles. The van der Waals surface area contributed by atoms with Crippen LogP contribution < -0.4 is 16.0 Å². The average Bonchev–Trinajstić information content (AvgIpc) is 3.29. The average molecular weight is 430 g/mol. The molecule has 0 unspecified atom stereocenters. The van der Waals surface area contributed by atoms with Crippen molar-refractivity contribution in [2.45, 2.75) is 51.5 Å². The number of hydrogen-bond donors (Lipinski definition) is 3. The van der Waals surface area contributed by atoms with E-state index in [9.17, 15) is 9.59 Å². The summed E-state index contributed by atoms with van der Waals surface area (Å²) in [5.74, 6) is -0.176. The fraction of sp³-hybridized carbons (Fsp3) is 0.400. The van der Waals surface area contributed by atoms with Gasteiger partial charge in [-0.1, -0.05) is 42.7 Å². The predicted molar refractivity (Wildman–Crippen MR) is 118 cm³/mol. The van der Waals surface area contributed by atoms with E-state index in [2.05, 4.69) is 25.9 Å². The third-order valence-electron chi connectivity index (χ3n) is 4.92. The molecule has 3 amide bonds. The number of amides is 3. The summed E-state index contributed by atoms with van der Waals surface area (Å²) in [5.41, 5.74) is 2.62. The Morgan fingerprint density at radius 1 is 1.10 bits per heavy atom. The molecule has 0 aliphatic heterocycles. The molecule has 2 aromatic heterocycles. The number of fused-ring (bicyclic) bond motifs is 1. The maximum absolute atomic E-state index is 12.4. The minimum Gasteiger partial charge on any atom is -0.335 e. The second-order valence-corrected chi connectivity index (χ2v) is 9.13. The van der Waals surface area contributed by atoms with Gasteiger partial charge < -0.3 is 10.6 Å². The van der Waals surface area contributed by atoms with Crippen LogP contribution in [-0.4, -0.2) is 27.9 Å². The zero-order chi connectivity index (χ0) is 20.2. The molecule has 4 rings (SSSR count). The van der Waals surface area contributed by atoms with Crippen molar-refractivity contribution < 1.29 is 9.59 Å². The molecule has 9 heteroatoms. The highest BCUT2D eigenvalue weighted by atomic mass is 32.1. The van der Waals surface area contributed by atoms with E-state index >= 15 is 0 Å². The quantitative estimate of drug-likeness (QED) is 0.548. The first-order valence-electron chi connectivity index (χ1n) is 9.75. The first-order valence-corrected chi connectivity index (χ1v) is 11.4. The number of hydrogen-bond acceptors (Lipinski definition) is 6. The number of benzene rings is 1. The van der Waals surface area contributed by atoms with Gasteiger partial charge in [-0.25, -0.2) is 14.8 Å². The Morgan fingerprint density at radius 3 is 2.72 bits per heavy atom. The van der Waals surface area contributed by atoms with Crippen molar-refractivity contribution in [1.82, 2.24) is 15.3 Å². The van der Waals surface area contributed by atoms with Gasteiger partial charge >= 0.3 is 6.03 Å². The van der Waals surface area contributed by atoms with Crippen LogP contribution in [0.5, 0.6) is 0 Å². The van der Waals surface area contributed by atoms with Crippen LogP contribution in [0.15, 0.2) is 23.6 Å². The van der Waals surface area contributed by atoms with Crippen LogP contribution in [0.25, 0.3) is 10.2 Å². The SMILES string of the molecule is Cc1cccc2sc(NC(=O)Cc3csc(NC(=O)NC4CCCCC4)n3)nc12. The second-order valence-electron chi connectivity index (χ2n) is 7.24. The summed E-state index contributed by atoms with van der Waals surface area (Å²) in [5, 5.41) is 11.5. The lowest BCUT2D eigenvalue weighted by Gasteiger charge is -2.22. The van der Waals surface area contributed by atoms with E-state index in [1.54, 1.807) is 5.38 Å². The minimum atomic E-state index is -0.230. The van der Waals surface area contributed by atoms with Crippen molar-refractivity contribution in [3.63, 3.8) is 0 Å². The topological polar surface area (TPSA) is 96.0 Å². The molecule has 2 heterocycles. The van der Waals surface area contributed by atoms with Crippen LogP contribution in [-0.2, 0) is 11.2 Å². The van der Waals surface area contributed by atoms with Crippen molar-refractivity contribution in [1.29, 1.82) is 0 Å². The molecule has 0 bridgehead atoms. The van der Waals surface area contributed by atoms with Crippen LogP contribution in [0.3, 0.4) is 0 Å². The summed E-state index contributed by atoms with van der Waals surface area (Å²) in [6.07, 6.45) is 5.76. The molecule has 1 saturated carbocycles. The van der Waals surface area contributed by atoms with E-state index < -0.39 is 0 Å². The molecule has 0 spiro atoms. The lowest BCUT2D eigenvalue weighted by Crippen LogP contribution is -2.39. The number of aromatic nitrogens is 2. The fourth-order valence-electron chi connectivity index (χ4n) is 3.48. The number of carbonyl (C=O) groups is 2. The first kappa shape index (κ1) is 19.8. The molecule has 7 nitrogen and oxygen atoms in total. The Balaban J connectivity index is 1.30. The summed E-state index contributed by atoms with van der Waals surface area (Å²) in [4.78, 5) is 33.3. The number of para-hydroxylation sites is 1. The second kappa shape index (κ2) is 8.87. The largest absolute Gasteiger partial charge is 0.335 e. The van der Waals surface area contributed by atoms with Gasteiger partial charge in [0.25, 0.3) is 0 Å². The standard InChI is InChI=1S/C20H23N5O2S2/c1-12-6-5-9-15-17(12)24-20(29-15)23-16(26)10-14-11-28-19(22-14)25-18(27)21-13-7-3-2-4-8-13/h5-6,9,11,13H,2-4,7-8,10H2,1H3,(H,23,24,26)(H2,21,22,25,27). The predicted octanol–water partition coefficient (Wildman–Crippen LogP) is 4.70. The zero-order valence-corrected chi connectivity index (χ0v) is 17.8. The van der Waals surface area contributed by atoms with E-state index in [1.165, 1.54) is 29.1 Å². The summed E-state index contributed by atoms with van der Waals surface area (Å²) < 4.78 is 1.05. The Labute approximate surface area is 177 Å². The van der Waals surface area contributed by atoms with Gasteiger partial charge in [0.05, 0.1) is 22.3 Å². The smallest absolute Gasteiger partial charge is 0.321 e. The van der Waals surface area contributed by atoms with Gasteiger partial charge in [0.15, 0.2) is 10.3 Å². The number of aryl methyl sites for hydroxylation is 1. The normalized spacial score (nSPS) is 14.7. The van der Waals surface area contributed by atoms with E-state index in [0.717, 1.165) is 41.5 Å². The van der Waals surface area contributed by atoms with E-state index in [1.807, 2.05) is 25.1 Å². The summed E-state index contributed by atoms with van der Waals surface area (Å²) in [7, 11) is 0. The van der Waals surface area contributed by atoms with Crippen molar-refractivity contribution in [3.8, 4) is 0 Å². The van der Waals surface area contributed by atoms with Gasteiger partial charge in [0, 0.05) is 11.4 Å². The Kier molecular flexibility index (Phi) is 6.05. The van der Waals surface area contributed by atoms with Gasteiger partial charge in [-0.15, -0.1) is 11.3 Å². The van der Waals surface area contributed by atoms with Gasteiger partial charge in [-0.05, 0) is 31.4 Å². The molecule has 0 radical (unpaired) electrons. The third kappa shape index (κ3) is 5.10. The molecule has 0 saturated heterocycles. The number of urea groups is 1. The number of thiazole rings is 2. The van der Waals surface area contributed by atoms with Crippen molar-refractivity contribution >= 4 is 55.1 Å². The van der Waals surface area contributed by atoms with Crippen LogP contribution in [0.4, 0.5) is 15.1 Å². The maximum Gasteiger partial charge on any atom is 0.321 e. The van der Waals surface area contributed by atoms with Gasteiger partial charge in [0.2, 0.25) is 5.91 Å². The van der Waals surface area contributed by atoms with E-state index in [-0.39, 0.29) is 24.4 Å². The van der Waals surface area contributed by atoms with Crippen LogP contribution in [0, 0.1) is 6.92 Å². The lowest BCUT2D eigenvalue weighted by atomic mass is 9.96. The Bertz CT molecular complexity index is 1020. The van der Waals surface area contributed by atoms with Crippen molar-refractivity contribution in [2.24, 2.45) is 0 Å².